The Bertz CT molecular complexity index is 397. The van der Waals surface area contributed by atoms with Crippen LogP contribution in [0.3, 0.4) is 0 Å². The Morgan fingerprint density at radius 1 is 1.40 bits per heavy atom. The maximum absolute atomic E-state index is 13.1. The van der Waals surface area contributed by atoms with E-state index in [1.807, 2.05) is 0 Å². The van der Waals surface area contributed by atoms with E-state index in [9.17, 15) is 18.1 Å². The van der Waals surface area contributed by atoms with Gasteiger partial charge in [-0.05, 0) is 19.1 Å². The smallest absolute Gasteiger partial charge is 0.421 e. The molecule has 0 unspecified atom stereocenters. The lowest BCUT2D eigenvalue weighted by Gasteiger charge is -2.05. The lowest BCUT2D eigenvalue weighted by molar-refractivity contribution is -0.0269. The highest BCUT2D eigenvalue weighted by Gasteiger charge is 2.24. The summed E-state index contributed by atoms with van der Waals surface area (Å²) < 4.78 is 37.7. The van der Waals surface area contributed by atoms with Crippen LogP contribution in [-0.4, -0.2) is 17.9 Å². The van der Waals surface area contributed by atoms with Crippen LogP contribution in [0.25, 0.3) is 0 Å². The second kappa shape index (κ2) is 4.46. The molecule has 1 aromatic rings. The number of Topliss-reactive ketones (excluding diaryl/α,β-unsaturated/α-hetero) is 1. The minimum absolute atomic E-state index is 0.470. The molecule has 0 bridgehead atoms. The first kappa shape index (κ1) is 11.7. The lowest BCUT2D eigenvalue weighted by atomic mass is 9.79. The summed E-state index contributed by atoms with van der Waals surface area (Å²) in [6.45, 7) is 1.06. The molecule has 0 aliphatic heterocycles. The normalized spacial score (nSPS) is 10.2. The van der Waals surface area contributed by atoms with E-state index in [0.29, 0.717) is 12.1 Å². The van der Waals surface area contributed by atoms with Crippen molar-refractivity contribution in [2.45, 2.75) is 6.92 Å². The maximum atomic E-state index is 13.1. The number of rotatable bonds is 3. The average Bonchev–Trinajstić information content (AvgIpc) is 2.19. The number of ketones is 1. The molecule has 0 amide bonds. The van der Waals surface area contributed by atoms with Crippen LogP contribution in [-0.2, 0) is 4.86 Å². The lowest BCUT2D eigenvalue weighted by Crippen LogP contribution is -2.34. The molecule has 1 N–H and O–H groups in total. The predicted molar refractivity (Wildman–Crippen MR) is 46.2 cm³/mol. The molecule has 1 aromatic carbocycles. The number of hydrogen-bond acceptors (Lipinski definition) is 3. The first-order valence-corrected chi connectivity index (χ1v) is 3.92. The van der Waals surface area contributed by atoms with Crippen LogP contribution >= 0.6 is 0 Å². The van der Waals surface area contributed by atoms with E-state index >= 15 is 0 Å². The summed E-state index contributed by atoms with van der Waals surface area (Å²) in [5.74, 6) is -2.84. The first-order chi connectivity index (χ1) is 6.97. The second-order valence-electron chi connectivity index (χ2n) is 2.85. The summed E-state index contributed by atoms with van der Waals surface area (Å²) in [6.07, 6.45) is 0. The van der Waals surface area contributed by atoms with Crippen molar-refractivity contribution < 1.29 is 28.0 Å². The summed E-state index contributed by atoms with van der Waals surface area (Å²) in [6, 6.07) is 1.09. The van der Waals surface area contributed by atoms with Gasteiger partial charge in [0.1, 0.15) is 11.6 Å². The number of benzene rings is 1. The van der Waals surface area contributed by atoms with E-state index in [0.717, 1.165) is 6.92 Å². The molecule has 0 fully saturated rings. The number of halogens is 3. The van der Waals surface area contributed by atoms with Crippen molar-refractivity contribution in [1.29, 1.82) is 0 Å². The number of carbonyl (C=O) groups is 1. The zero-order chi connectivity index (χ0) is 11.6. The fourth-order valence-electron chi connectivity index (χ4n) is 1.07. The third kappa shape index (κ3) is 2.37. The molecule has 0 spiro atoms. The van der Waals surface area contributed by atoms with Crippen molar-refractivity contribution in [2.24, 2.45) is 0 Å². The van der Waals surface area contributed by atoms with Crippen LogP contribution in [0.4, 0.5) is 13.3 Å². The molecule has 15 heavy (non-hydrogen) atoms. The summed E-state index contributed by atoms with van der Waals surface area (Å²) >= 11 is 0. The van der Waals surface area contributed by atoms with Gasteiger partial charge in [-0.15, -0.1) is 0 Å². The van der Waals surface area contributed by atoms with Gasteiger partial charge in [-0.3, -0.25) is 4.79 Å². The largest absolute Gasteiger partial charge is 0.532 e. The molecular weight excluding hydrogens is 212 g/mol. The molecule has 0 saturated heterocycles. The van der Waals surface area contributed by atoms with Gasteiger partial charge >= 0.3 is 7.12 Å². The van der Waals surface area contributed by atoms with Crippen molar-refractivity contribution in [2.75, 3.05) is 0 Å². The predicted octanol–water partition coefficient (Wildman–Crippen LogP) is 0.756. The summed E-state index contributed by atoms with van der Waals surface area (Å²) in [5, 5.41) is 8.78. The van der Waals surface area contributed by atoms with Gasteiger partial charge in [0.05, 0.1) is 5.56 Å². The first-order valence-electron chi connectivity index (χ1n) is 3.92. The van der Waals surface area contributed by atoms with E-state index in [4.69, 9.17) is 5.02 Å². The zero-order valence-corrected chi connectivity index (χ0v) is 7.63. The van der Waals surface area contributed by atoms with Crippen LogP contribution in [0.2, 0.25) is 0 Å². The van der Waals surface area contributed by atoms with Gasteiger partial charge in [0, 0.05) is 5.46 Å². The topological polar surface area (TPSA) is 46.5 Å². The second-order valence-corrected chi connectivity index (χ2v) is 2.85. The molecule has 0 saturated carbocycles. The van der Waals surface area contributed by atoms with Crippen molar-refractivity contribution in [3.05, 3.63) is 29.3 Å². The van der Waals surface area contributed by atoms with Gasteiger partial charge in [0.2, 0.25) is 0 Å². The summed E-state index contributed by atoms with van der Waals surface area (Å²) in [5.41, 5.74) is -1.18. The molecule has 0 atom stereocenters. The van der Waals surface area contributed by atoms with E-state index in [2.05, 4.69) is 4.86 Å². The van der Waals surface area contributed by atoms with E-state index < -0.39 is 35.6 Å². The third-order valence-corrected chi connectivity index (χ3v) is 1.82. The number of carbonyl (C=O) groups excluding carboxylic acids is 1. The summed E-state index contributed by atoms with van der Waals surface area (Å²) in [4.78, 5) is 13.7. The van der Waals surface area contributed by atoms with Crippen molar-refractivity contribution >= 4 is 18.4 Å². The molecule has 7 heteroatoms. The highest BCUT2D eigenvalue weighted by molar-refractivity contribution is 6.59. The van der Waals surface area contributed by atoms with Crippen molar-refractivity contribution in [1.82, 2.24) is 0 Å². The van der Waals surface area contributed by atoms with Gasteiger partial charge in [-0.2, -0.15) is 0 Å². The van der Waals surface area contributed by atoms with E-state index in [1.54, 1.807) is 0 Å². The molecular formula is C8H6BF3O3. The Balaban J connectivity index is 3.25. The highest BCUT2D eigenvalue weighted by atomic mass is 19.3. The Morgan fingerprint density at radius 3 is 2.47 bits per heavy atom. The fraction of sp³-hybridized carbons (Fsp3) is 0.125. The van der Waals surface area contributed by atoms with Gasteiger partial charge in [-0.25, -0.2) is 13.6 Å². The summed E-state index contributed by atoms with van der Waals surface area (Å²) in [7, 11) is -2.21. The highest BCUT2D eigenvalue weighted by Crippen LogP contribution is 2.09. The van der Waals surface area contributed by atoms with Gasteiger partial charge in [0.15, 0.2) is 5.78 Å². The Morgan fingerprint density at radius 2 is 2.00 bits per heavy atom. The molecule has 1 rings (SSSR count). The monoisotopic (exact) mass is 218 g/mol. The minimum atomic E-state index is -2.21. The average molecular weight is 218 g/mol. The standard InChI is InChI=1S/C8H6BF3O3/c1-4(13)5-2-8(11)6(3-7(5)10)9(14)15-12/h2-3,14H,1H3. The molecule has 0 aromatic heterocycles. The Kier molecular flexibility index (Phi) is 3.49. The Hall–Kier alpha value is -1.34. The SMILES string of the molecule is CC(=O)c1cc(F)c(B(O)OF)cc1F. The van der Waals surface area contributed by atoms with Gasteiger partial charge < -0.3 is 5.02 Å². The van der Waals surface area contributed by atoms with Crippen molar-refractivity contribution in [3.8, 4) is 0 Å². The fourth-order valence-corrected chi connectivity index (χ4v) is 1.07. The minimum Gasteiger partial charge on any atom is -0.421 e. The van der Waals surface area contributed by atoms with Crippen LogP contribution in [0, 0.1) is 11.6 Å². The van der Waals surface area contributed by atoms with Crippen molar-refractivity contribution in [3.63, 3.8) is 0 Å². The molecule has 0 radical (unpaired) electrons. The quantitative estimate of drug-likeness (QED) is 0.601. The molecule has 0 aliphatic carbocycles. The molecule has 0 heterocycles. The van der Waals surface area contributed by atoms with E-state index in [-0.39, 0.29) is 0 Å². The third-order valence-electron chi connectivity index (χ3n) is 1.82. The van der Waals surface area contributed by atoms with Gasteiger partial charge in [0.25, 0.3) is 0 Å². The molecule has 80 valence electrons. The van der Waals surface area contributed by atoms with Crippen LogP contribution in [0.5, 0.6) is 0 Å². The van der Waals surface area contributed by atoms with Crippen LogP contribution in [0.15, 0.2) is 12.1 Å². The van der Waals surface area contributed by atoms with Crippen LogP contribution < -0.4 is 5.46 Å². The van der Waals surface area contributed by atoms with E-state index in [1.165, 1.54) is 0 Å². The zero-order valence-electron chi connectivity index (χ0n) is 7.63. The molecule has 0 aliphatic rings. The van der Waals surface area contributed by atoms with Gasteiger partial charge in [-0.1, -0.05) is 4.53 Å². The number of hydrogen-bond donors (Lipinski definition) is 1. The van der Waals surface area contributed by atoms with Crippen LogP contribution in [0.1, 0.15) is 17.3 Å². The Labute approximate surface area is 83.5 Å². The maximum Gasteiger partial charge on any atom is 0.532 e. The molecule has 3 nitrogen and oxygen atoms in total.